The maximum absolute atomic E-state index is 5.00. The Kier molecular flexibility index (Phi) is 6.07. The molecule has 1 aliphatic rings. The van der Waals surface area contributed by atoms with E-state index in [1.807, 2.05) is 25.1 Å². The van der Waals surface area contributed by atoms with Crippen LogP contribution in [0.4, 0.5) is 5.95 Å². The van der Waals surface area contributed by atoms with Crippen molar-refractivity contribution in [2.24, 2.45) is 5.92 Å². The normalized spacial score (nSPS) is 14.7. The zero-order valence-corrected chi connectivity index (χ0v) is 18.5. The fourth-order valence-electron chi connectivity index (χ4n) is 4.40. The van der Waals surface area contributed by atoms with Gasteiger partial charge in [-0.2, -0.15) is 4.98 Å². The highest BCUT2D eigenvalue weighted by molar-refractivity contribution is 5.80. The number of aromatic nitrogens is 5. The molecule has 7 nitrogen and oxygen atoms in total. The second-order valence-electron chi connectivity index (χ2n) is 8.45. The molecule has 0 radical (unpaired) electrons. The van der Waals surface area contributed by atoms with Crippen LogP contribution in [0.15, 0.2) is 54.9 Å². The number of hydrogen-bond donors (Lipinski definition) is 2. The number of nitrogens with zero attached hydrogens (tertiary/aromatic N) is 5. The Balaban J connectivity index is 1.49. The number of aryl methyl sites for hydroxylation is 2. The number of imidazole rings is 1. The summed E-state index contributed by atoms with van der Waals surface area (Å²) in [6.45, 7) is 5.81. The van der Waals surface area contributed by atoms with Crippen LogP contribution in [0.25, 0.3) is 22.6 Å². The average molecular weight is 428 g/mol. The number of piperidine rings is 1. The van der Waals surface area contributed by atoms with E-state index in [4.69, 9.17) is 15.0 Å². The van der Waals surface area contributed by atoms with Gasteiger partial charge in [0.2, 0.25) is 5.95 Å². The van der Waals surface area contributed by atoms with Gasteiger partial charge < -0.3 is 15.2 Å². The third-order valence-corrected chi connectivity index (χ3v) is 6.22. The highest BCUT2D eigenvalue weighted by atomic mass is 15.2. The Hall–Kier alpha value is -3.32. The lowest BCUT2D eigenvalue weighted by atomic mass is 9.95. The molecule has 1 saturated heterocycles. The van der Waals surface area contributed by atoms with Crippen molar-refractivity contribution in [1.29, 1.82) is 0 Å². The van der Waals surface area contributed by atoms with Crippen molar-refractivity contribution in [1.82, 2.24) is 29.8 Å². The molecular formula is C25H29N7. The Morgan fingerprint density at radius 1 is 1.00 bits per heavy atom. The Labute approximate surface area is 188 Å². The molecule has 1 aromatic carbocycles. The summed E-state index contributed by atoms with van der Waals surface area (Å²) < 4.78 is 2.29. The molecule has 4 aromatic rings. The number of benzene rings is 1. The molecule has 7 heteroatoms. The largest absolute Gasteiger partial charge is 0.350 e. The minimum absolute atomic E-state index is 0.634. The predicted octanol–water partition coefficient (Wildman–Crippen LogP) is 4.20. The molecule has 0 atom stereocenters. The predicted molar refractivity (Wildman–Crippen MR) is 127 cm³/mol. The van der Waals surface area contributed by atoms with Gasteiger partial charge >= 0.3 is 0 Å². The second kappa shape index (κ2) is 9.44. The van der Waals surface area contributed by atoms with E-state index in [1.54, 1.807) is 12.4 Å². The summed E-state index contributed by atoms with van der Waals surface area (Å²) in [7, 11) is 0. The van der Waals surface area contributed by atoms with Gasteiger partial charge in [0.1, 0.15) is 11.3 Å². The lowest BCUT2D eigenvalue weighted by Gasteiger charge is -2.23. The summed E-state index contributed by atoms with van der Waals surface area (Å²) in [4.78, 5) is 18.7. The minimum atomic E-state index is 0.634. The topological polar surface area (TPSA) is 80.6 Å². The molecule has 2 N–H and O–H groups in total. The van der Waals surface area contributed by atoms with Crippen LogP contribution in [-0.2, 0) is 13.1 Å². The van der Waals surface area contributed by atoms with E-state index in [2.05, 4.69) is 44.5 Å². The van der Waals surface area contributed by atoms with Crippen molar-refractivity contribution < 1.29 is 0 Å². The highest BCUT2D eigenvalue weighted by Crippen LogP contribution is 2.28. The van der Waals surface area contributed by atoms with Gasteiger partial charge in [-0.3, -0.25) is 4.98 Å². The first-order chi connectivity index (χ1) is 15.8. The zero-order valence-electron chi connectivity index (χ0n) is 18.5. The molecule has 0 bridgehead atoms. The van der Waals surface area contributed by atoms with E-state index < -0.39 is 0 Å². The van der Waals surface area contributed by atoms with Crippen molar-refractivity contribution >= 4 is 17.1 Å². The molecule has 5 rings (SSSR count). The van der Waals surface area contributed by atoms with Gasteiger partial charge in [0.25, 0.3) is 0 Å². The number of hydrogen-bond acceptors (Lipinski definition) is 6. The fraction of sp³-hybridized carbons (Fsp3) is 0.360. The van der Waals surface area contributed by atoms with Gasteiger partial charge in [0.05, 0.1) is 5.69 Å². The quantitative estimate of drug-likeness (QED) is 0.460. The van der Waals surface area contributed by atoms with Crippen molar-refractivity contribution in [3.05, 3.63) is 66.1 Å². The van der Waals surface area contributed by atoms with E-state index in [0.717, 1.165) is 65.8 Å². The first-order valence-corrected chi connectivity index (χ1v) is 11.4. The van der Waals surface area contributed by atoms with Crippen molar-refractivity contribution in [3.63, 3.8) is 0 Å². The molecule has 3 aromatic heterocycles. The van der Waals surface area contributed by atoms with E-state index in [-0.39, 0.29) is 0 Å². The van der Waals surface area contributed by atoms with Gasteiger partial charge in [-0.15, -0.1) is 0 Å². The molecule has 32 heavy (non-hydrogen) atoms. The third kappa shape index (κ3) is 4.48. The molecule has 4 heterocycles. The second-order valence-corrected chi connectivity index (χ2v) is 8.45. The summed E-state index contributed by atoms with van der Waals surface area (Å²) >= 11 is 0. The number of anilines is 1. The molecular weight excluding hydrogens is 398 g/mol. The number of rotatable bonds is 7. The Bertz CT molecular complexity index is 1170. The van der Waals surface area contributed by atoms with Crippen LogP contribution in [0.2, 0.25) is 0 Å². The van der Waals surface area contributed by atoms with E-state index in [0.29, 0.717) is 12.5 Å². The van der Waals surface area contributed by atoms with Crippen LogP contribution >= 0.6 is 0 Å². The lowest BCUT2D eigenvalue weighted by molar-refractivity contribution is 0.339. The Morgan fingerprint density at radius 2 is 1.78 bits per heavy atom. The number of pyridine rings is 1. The maximum atomic E-state index is 5.00. The van der Waals surface area contributed by atoms with Crippen LogP contribution in [0.3, 0.4) is 0 Å². The summed E-state index contributed by atoms with van der Waals surface area (Å²) in [6, 6.07) is 14.4. The van der Waals surface area contributed by atoms with E-state index in [1.165, 1.54) is 12.8 Å². The standard InChI is InChI=1S/C25H29N7/c1-18-22-24(31-25(29-18)28-17-20-9-14-27-15-10-20)32(16-11-19-7-12-26-13-8-19)23(30-22)21-5-3-2-4-6-21/h2-6,9-10,14-15,19,26H,7-8,11-13,16-17H2,1H3,(H,28,29,31). The molecule has 0 saturated carbocycles. The summed E-state index contributed by atoms with van der Waals surface area (Å²) in [5.74, 6) is 2.34. The minimum Gasteiger partial charge on any atom is -0.350 e. The fourth-order valence-corrected chi connectivity index (χ4v) is 4.40. The monoisotopic (exact) mass is 427 g/mol. The smallest absolute Gasteiger partial charge is 0.225 e. The van der Waals surface area contributed by atoms with Crippen molar-refractivity contribution in [2.75, 3.05) is 18.4 Å². The molecule has 0 amide bonds. The molecule has 1 fully saturated rings. The van der Waals surface area contributed by atoms with Crippen LogP contribution < -0.4 is 10.6 Å². The van der Waals surface area contributed by atoms with Gasteiger partial charge in [0, 0.05) is 31.0 Å². The lowest BCUT2D eigenvalue weighted by Crippen LogP contribution is -2.28. The van der Waals surface area contributed by atoms with E-state index >= 15 is 0 Å². The van der Waals surface area contributed by atoms with Gasteiger partial charge in [-0.05, 0) is 62.9 Å². The van der Waals surface area contributed by atoms with Gasteiger partial charge in [-0.25, -0.2) is 9.97 Å². The SMILES string of the molecule is Cc1nc(NCc2ccncc2)nc2c1nc(-c1ccccc1)n2CCC1CCNCC1. The number of nitrogens with one attached hydrogen (secondary N) is 2. The van der Waals surface area contributed by atoms with Gasteiger partial charge in [0.15, 0.2) is 5.65 Å². The van der Waals surface area contributed by atoms with Crippen molar-refractivity contribution in [3.8, 4) is 11.4 Å². The van der Waals surface area contributed by atoms with E-state index in [9.17, 15) is 0 Å². The average Bonchev–Trinajstić information content (AvgIpc) is 3.22. The summed E-state index contributed by atoms with van der Waals surface area (Å²) in [6.07, 6.45) is 7.21. The first-order valence-electron chi connectivity index (χ1n) is 11.4. The summed E-state index contributed by atoms with van der Waals surface area (Å²) in [5, 5.41) is 6.84. The molecule has 1 aliphatic heterocycles. The van der Waals surface area contributed by atoms with Crippen molar-refractivity contribution in [2.45, 2.75) is 39.3 Å². The summed E-state index contributed by atoms with van der Waals surface area (Å²) in [5.41, 5.74) is 4.93. The number of fused-ring (bicyclic) bond motifs is 1. The molecule has 0 aliphatic carbocycles. The maximum Gasteiger partial charge on any atom is 0.225 e. The van der Waals surface area contributed by atoms with Crippen LogP contribution in [-0.4, -0.2) is 37.6 Å². The third-order valence-electron chi connectivity index (χ3n) is 6.22. The molecule has 0 spiro atoms. The van der Waals surface area contributed by atoms with Crippen LogP contribution in [0, 0.1) is 12.8 Å². The van der Waals surface area contributed by atoms with Crippen LogP contribution in [0.1, 0.15) is 30.5 Å². The Morgan fingerprint density at radius 3 is 2.56 bits per heavy atom. The molecule has 164 valence electrons. The zero-order chi connectivity index (χ0) is 21.8. The van der Waals surface area contributed by atoms with Crippen LogP contribution in [0.5, 0.6) is 0 Å². The van der Waals surface area contributed by atoms with Gasteiger partial charge in [-0.1, -0.05) is 30.3 Å². The first kappa shape index (κ1) is 20.6. The highest BCUT2D eigenvalue weighted by Gasteiger charge is 2.19. The molecule has 0 unspecified atom stereocenters.